The van der Waals surface area contributed by atoms with Crippen LogP contribution in [0.5, 0.6) is 0 Å². The second-order valence-electron chi connectivity index (χ2n) is 13.3. The molecule has 2 unspecified atom stereocenters. The zero-order chi connectivity index (χ0) is 33.4. The summed E-state index contributed by atoms with van der Waals surface area (Å²) in [5.74, 6) is 0.270. The molecule has 9 rings (SSSR count). The number of anilines is 2. The van der Waals surface area contributed by atoms with Gasteiger partial charge in [0.1, 0.15) is 0 Å². The fourth-order valence-electron chi connectivity index (χ4n) is 7.89. The molecule has 0 saturated heterocycles. The Hall–Kier alpha value is -6.18. The molecule has 0 heterocycles. The van der Waals surface area contributed by atoms with Gasteiger partial charge in [0.15, 0.2) is 0 Å². The Morgan fingerprint density at radius 2 is 1.00 bits per heavy atom. The molecule has 1 aliphatic carbocycles. The molecule has 0 aromatic heterocycles. The molecule has 1 heteroatoms. The van der Waals surface area contributed by atoms with Gasteiger partial charge in [-0.05, 0) is 90.5 Å². The van der Waals surface area contributed by atoms with Crippen molar-refractivity contribution < 1.29 is 0 Å². The monoisotopic (exact) mass is 639 g/mol. The van der Waals surface area contributed by atoms with Crippen molar-refractivity contribution in [2.45, 2.75) is 13.0 Å². The topological polar surface area (TPSA) is 3.24 Å². The van der Waals surface area contributed by atoms with Gasteiger partial charge in [-0.2, -0.15) is 0 Å². The van der Waals surface area contributed by atoms with Gasteiger partial charge in [-0.25, -0.2) is 0 Å². The smallest absolute Gasteiger partial charge is 0.0586 e. The van der Waals surface area contributed by atoms with Crippen LogP contribution in [-0.2, 0) is 0 Å². The molecule has 0 bridgehead atoms. The van der Waals surface area contributed by atoms with Crippen LogP contribution in [0.25, 0.3) is 60.1 Å². The first kappa shape index (κ1) is 29.9. The minimum atomic E-state index is 0.126. The quantitative estimate of drug-likeness (QED) is 0.164. The lowest BCUT2D eigenvalue weighted by Crippen LogP contribution is -2.35. The van der Waals surface area contributed by atoms with Crippen LogP contribution in [0, 0.1) is 5.92 Å². The van der Waals surface area contributed by atoms with E-state index in [0.29, 0.717) is 0 Å². The van der Waals surface area contributed by atoms with Crippen LogP contribution in [-0.4, -0.2) is 6.04 Å². The predicted octanol–water partition coefficient (Wildman–Crippen LogP) is 13.3. The van der Waals surface area contributed by atoms with E-state index in [1.54, 1.807) is 0 Å². The van der Waals surface area contributed by atoms with E-state index in [-0.39, 0.29) is 12.0 Å². The van der Waals surface area contributed by atoms with Gasteiger partial charge in [-0.15, -0.1) is 0 Å². The highest BCUT2D eigenvalue weighted by atomic mass is 15.2. The van der Waals surface area contributed by atoms with Gasteiger partial charge >= 0.3 is 0 Å². The molecule has 1 aliphatic rings. The van der Waals surface area contributed by atoms with Gasteiger partial charge in [-0.3, -0.25) is 0 Å². The summed E-state index contributed by atoms with van der Waals surface area (Å²) in [4.78, 5) is 2.55. The molecule has 0 spiro atoms. The minimum Gasteiger partial charge on any atom is -0.333 e. The normalized spacial score (nSPS) is 15.7. The summed E-state index contributed by atoms with van der Waals surface area (Å²) >= 11 is 0. The van der Waals surface area contributed by atoms with Gasteiger partial charge in [0.25, 0.3) is 0 Å². The highest BCUT2D eigenvalue weighted by Crippen LogP contribution is 2.43. The van der Waals surface area contributed by atoms with Crippen molar-refractivity contribution in [1.82, 2.24) is 0 Å². The lowest BCUT2D eigenvalue weighted by molar-refractivity contribution is 0.612. The number of hydrogen-bond donors (Lipinski definition) is 0. The summed E-state index contributed by atoms with van der Waals surface area (Å²) in [6.45, 7) is 2.35. The first-order valence-corrected chi connectivity index (χ1v) is 17.6. The Balaban J connectivity index is 1.19. The molecule has 0 amide bonds. The molecule has 8 aromatic carbocycles. The van der Waals surface area contributed by atoms with Crippen LogP contribution < -0.4 is 4.90 Å². The largest absolute Gasteiger partial charge is 0.333 e. The van der Waals surface area contributed by atoms with Crippen molar-refractivity contribution in [3.05, 3.63) is 200 Å². The van der Waals surface area contributed by atoms with E-state index in [9.17, 15) is 0 Å². The third kappa shape index (κ3) is 5.29. The Morgan fingerprint density at radius 3 is 1.70 bits per heavy atom. The molecule has 8 aromatic rings. The van der Waals surface area contributed by atoms with Crippen LogP contribution in [0.2, 0.25) is 0 Å². The summed E-state index contributed by atoms with van der Waals surface area (Å²) in [7, 11) is 0. The Bertz CT molecular complexity index is 2540. The lowest BCUT2D eigenvalue weighted by Gasteiger charge is -2.37. The number of fused-ring (bicyclic) bond motifs is 4. The first-order valence-electron chi connectivity index (χ1n) is 17.6. The zero-order valence-electron chi connectivity index (χ0n) is 28.1. The van der Waals surface area contributed by atoms with Crippen molar-refractivity contribution in [2.24, 2.45) is 5.92 Å². The van der Waals surface area contributed by atoms with Gasteiger partial charge in [0, 0.05) is 16.8 Å². The molecule has 0 saturated carbocycles. The highest BCUT2D eigenvalue weighted by Gasteiger charge is 2.28. The average Bonchev–Trinajstić information content (AvgIpc) is 3.19. The van der Waals surface area contributed by atoms with E-state index < -0.39 is 0 Å². The second-order valence-corrected chi connectivity index (χ2v) is 13.3. The molecule has 50 heavy (non-hydrogen) atoms. The number of allylic oxidation sites excluding steroid dienone is 2. The van der Waals surface area contributed by atoms with E-state index >= 15 is 0 Å². The van der Waals surface area contributed by atoms with E-state index in [2.05, 4.69) is 206 Å². The fraction of sp³-hybridized carbons (Fsp3) is 0.0612. The molecule has 1 nitrogen and oxygen atoms in total. The van der Waals surface area contributed by atoms with Gasteiger partial charge in [0.05, 0.1) is 6.04 Å². The second kappa shape index (κ2) is 12.7. The van der Waals surface area contributed by atoms with E-state index in [4.69, 9.17) is 0 Å². The number of benzene rings is 8. The van der Waals surface area contributed by atoms with Gasteiger partial charge in [-0.1, -0.05) is 177 Å². The average molecular weight is 640 g/mol. The Labute approximate surface area is 294 Å². The molecule has 0 aliphatic heterocycles. The van der Waals surface area contributed by atoms with Crippen LogP contribution in [0.15, 0.2) is 194 Å². The maximum absolute atomic E-state index is 2.55. The molecule has 238 valence electrons. The standard InChI is InChI=1S/C49H37N/c1-34-32-38(35-14-4-2-5-15-35)26-30-48(34)50(49-31-29-42(36-16-6-3-7-17-36)44-21-12-13-23-46(44)49)40-27-24-37(25-28-40)47-33-39-18-8-9-19-41(39)43-20-10-11-22-45(43)47/h2-34,48H,1H3. The number of hydrogen-bond acceptors (Lipinski definition) is 1. The van der Waals surface area contributed by atoms with Crippen LogP contribution >= 0.6 is 0 Å². The summed E-state index contributed by atoms with van der Waals surface area (Å²) in [5.41, 5.74) is 9.88. The van der Waals surface area contributed by atoms with Crippen molar-refractivity contribution >= 4 is 49.3 Å². The number of nitrogens with zero attached hydrogens (tertiary/aromatic N) is 1. The zero-order valence-corrected chi connectivity index (χ0v) is 28.1. The third-order valence-corrected chi connectivity index (χ3v) is 10.3. The van der Waals surface area contributed by atoms with E-state index in [1.807, 2.05) is 0 Å². The number of rotatable bonds is 6. The minimum absolute atomic E-state index is 0.126. The molecule has 0 N–H and O–H groups in total. The molecular formula is C49H37N. The first-order chi connectivity index (χ1) is 24.7. The van der Waals surface area contributed by atoms with Gasteiger partial charge in [0.2, 0.25) is 0 Å². The molecule has 0 radical (unpaired) electrons. The van der Waals surface area contributed by atoms with E-state index in [1.165, 1.54) is 77.1 Å². The summed E-state index contributed by atoms with van der Waals surface area (Å²) < 4.78 is 0. The van der Waals surface area contributed by atoms with Gasteiger partial charge < -0.3 is 4.90 Å². The van der Waals surface area contributed by atoms with Crippen LogP contribution in [0.1, 0.15) is 12.5 Å². The SMILES string of the molecule is CC1C=C(c2ccccc2)C=CC1N(c1ccc(-c2cc3ccccc3c3ccccc23)cc1)c1ccc(-c2ccccc2)c2ccccc12. The van der Waals surface area contributed by atoms with Crippen molar-refractivity contribution in [3.8, 4) is 22.3 Å². The lowest BCUT2D eigenvalue weighted by atomic mass is 9.87. The summed E-state index contributed by atoms with van der Waals surface area (Å²) in [5, 5.41) is 7.63. The highest BCUT2D eigenvalue weighted by molar-refractivity contribution is 6.14. The third-order valence-electron chi connectivity index (χ3n) is 10.3. The Kier molecular flexibility index (Phi) is 7.59. The van der Waals surface area contributed by atoms with E-state index in [0.717, 1.165) is 0 Å². The fourth-order valence-corrected chi connectivity index (χ4v) is 7.89. The maximum Gasteiger partial charge on any atom is 0.0586 e. The van der Waals surface area contributed by atoms with Crippen LogP contribution in [0.4, 0.5) is 11.4 Å². The van der Waals surface area contributed by atoms with Crippen molar-refractivity contribution in [3.63, 3.8) is 0 Å². The van der Waals surface area contributed by atoms with Crippen molar-refractivity contribution in [2.75, 3.05) is 4.90 Å². The van der Waals surface area contributed by atoms with Crippen molar-refractivity contribution in [1.29, 1.82) is 0 Å². The molecule has 0 fully saturated rings. The predicted molar refractivity (Wildman–Crippen MR) is 215 cm³/mol. The Morgan fingerprint density at radius 1 is 0.440 bits per heavy atom. The summed E-state index contributed by atoms with van der Waals surface area (Å²) in [6, 6.07) is 64.2. The van der Waals surface area contributed by atoms with Crippen LogP contribution in [0.3, 0.4) is 0 Å². The maximum atomic E-state index is 2.55. The molecule has 2 atom stereocenters. The summed E-state index contributed by atoms with van der Waals surface area (Å²) in [6.07, 6.45) is 7.14. The molecular weight excluding hydrogens is 603 g/mol.